The highest BCUT2D eigenvalue weighted by Crippen LogP contribution is 2.25. The van der Waals surface area contributed by atoms with Crippen molar-refractivity contribution in [1.29, 1.82) is 0 Å². The Bertz CT molecular complexity index is 562. The van der Waals surface area contributed by atoms with E-state index in [4.69, 9.17) is 9.84 Å². The number of fused-ring (bicyclic) bond motifs is 1. The summed E-state index contributed by atoms with van der Waals surface area (Å²) in [6.45, 7) is 0.482. The minimum Gasteiger partial charge on any atom is -0.465 e. The number of aromatic nitrogens is 1. The van der Waals surface area contributed by atoms with Gasteiger partial charge in [-0.15, -0.1) is 0 Å². The third kappa shape index (κ3) is 2.21. The fourth-order valence-corrected chi connectivity index (χ4v) is 2.20. The van der Waals surface area contributed by atoms with Crippen LogP contribution in [-0.2, 0) is 11.3 Å². The van der Waals surface area contributed by atoms with Crippen LogP contribution in [0.15, 0.2) is 28.9 Å². The minimum atomic E-state index is -0.371. The molecule has 1 aromatic heterocycles. The lowest BCUT2D eigenvalue weighted by atomic mass is 10.2. The van der Waals surface area contributed by atoms with Gasteiger partial charge in [-0.1, -0.05) is 15.9 Å². The largest absolute Gasteiger partial charge is 0.465 e. The number of aliphatic hydroxyl groups excluding tert-OH is 1. The lowest BCUT2D eigenvalue weighted by molar-refractivity contribution is 0.0602. The molecule has 0 spiro atoms. The summed E-state index contributed by atoms with van der Waals surface area (Å²) in [6.07, 6.45) is 1.71. The van der Waals surface area contributed by atoms with E-state index in [9.17, 15) is 4.79 Å². The van der Waals surface area contributed by atoms with Crippen molar-refractivity contribution >= 4 is 32.8 Å². The maximum atomic E-state index is 11.6. The maximum Gasteiger partial charge on any atom is 0.340 e. The van der Waals surface area contributed by atoms with Gasteiger partial charge in [0.15, 0.2) is 0 Å². The van der Waals surface area contributed by atoms with E-state index >= 15 is 0 Å². The van der Waals surface area contributed by atoms with E-state index in [1.165, 1.54) is 7.11 Å². The Morgan fingerprint density at radius 3 is 2.94 bits per heavy atom. The molecule has 1 aromatic carbocycles. The van der Waals surface area contributed by atoms with Gasteiger partial charge in [0, 0.05) is 28.1 Å². The average Bonchev–Trinajstić information content (AvgIpc) is 2.67. The zero-order valence-corrected chi connectivity index (χ0v) is 10.9. The molecule has 0 aliphatic rings. The van der Waals surface area contributed by atoms with Gasteiger partial charge in [0.1, 0.15) is 0 Å². The highest BCUT2D eigenvalue weighted by Gasteiger charge is 2.15. The van der Waals surface area contributed by atoms with Crippen LogP contribution in [0.5, 0.6) is 0 Å². The Kier molecular flexibility index (Phi) is 3.49. The molecule has 0 bridgehead atoms. The van der Waals surface area contributed by atoms with Crippen LogP contribution < -0.4 is 0 Å². The molecule has 2 aromatic rings. The first-order chi connectivity index (χ1) is 8.17. The zero-order chi connectivity index (χ0) is 12.4. The van der Waals surface area contributed by atoms with Gasteiger partial charge in [-0.3, -0.25) is 0 Å². The molecule has 0 fully saturated rings. The maximum absolute atomic E-state index is 11.6. The molecule has 0 aliphatic heterocycles. The zero-order valence-electron chi connectivity index (χ0n) is 9.31. The number of carbonyl (C=O) groups is 1. The van der Waals surface area contributed by atoms with Crippen molar-refractivity contribution in [2.75, 3.05) is 13.7 Å². The fourth-order valence-electron chi connectivity index (χ4n) is 1.83. The van der Waals surface area contributed by atoms with Crippen LogP contribution in [-0.4, -0.2) is 29.4 Å². The Morgan fingerprint density at radius 2 is 2.29 bits per heavy atom. The SMILES string of the molecule is COC(=O)c1cn(CCO)c2ccc(Br)cc12. The Hall–Kier alpha value is -1.33. The molecule has 17 heavy (non-hydrogen) atoms. The number of aliphatic hydroxyl groups is 1. The number of hydrogen-bond acceptors (Lipinski definition) is 3. The second-order valence-electron chi connectivity index (χ2n) is 3.61. The summed E-state index contributed by atoms with van der Waals surface area (Å²) in [5.41, 5.74) is 1.42. The number of ether oxygens (including phenoxy) is 1. The monoisotopic (exact) mass is 297 g/mol. The normalized spacial score (nSPS) is 10.8. The summed E-state index contributed by atoms with van der Waals surface area (Å²) >= 11 is 3.38. The summed E-state index contributed by atoms with van der Waals surface area (Å²) in [6, 6.07) is 5.67. The van der Waals surface area contributed by atoms with Gasteiger partial charge in [-0.25, -0.2) is 4.79 Å². The topological polar surface area (TPSA) is 51.5 Å². The molecule has 90 valence electrons. The first kappa shape index (κ1) is 12.1. The van der Waals surface area contributed by atoms with Gasteiger partial charge in [0.05, 0.1) is 19.3 Å². The standard InChI is InChI=1S/C12H12BrNO3/c1-17-12(16)10-7-14(4-5-15)11-3-2-8(13)6-9(10)11/h2-3,6-7,15H,4-5H2,1H3. The Labute approximate surface area is 107 Å². The highest BCUT2D eigenvalue weighted by atomic mass is 79.9. The van der Waals surface area contributed by atoms with Gasteiger partial charge >= 0.3 is 5.97 Å². The number of halogens is 1. The van der Waals surface area contributed by atoms with Gasteiger partial charge in [0.25, 0.3) is 0 Å². The molecule has 0 atom stereocenters. The molecule has 0 radical (unpaired) electrons. The highest BCUT2D eigenvalue weighted by molar-refractivity contribution is 9.10. The van der Waals surface area contributed by atoms with Gasteiger partial charge in [-0.2, -0.15) is 0 Å². The van der Waals surface area contributed by atoms with Crippen molar-refractivity contribution in [2.24, 2.45) is 0 Å². The van der Waals surface area contributed by atoms with Crippen molar-refractivity contribution in [3.05, 3.63) is 34.4 Å². The average molecular weight is 298 g/mol. The van der Waals surface area contributed by atoms with Crippen molar-refractivity contribution in [3.8, 4) is 0 Å². The van der Waals surface area contributed by atoms with Gasteiger partial charge in [-0.05, 0) is 18.2 Å². The summed E-state index contributed by atoms with van der Waals surface area (Å²) in [5.74, 6) is -0.371. The molecule has 0 unspecified atom stereocenters. The van der Waals surface area contributed by atoms with Crippen LogP contribution in [0.3, 0.4) is 0 Å². The summed E-state index contributed by atoms with van der Waals surface area (Å²) < 4.78 is 7.49. The number of carbonyl (C=O) groups excluding carboxylic acids is 1. The fraction of sp³-hybridized carbons (Fsp3) is 0.250. The second kappa shape index (κ2) is 4.89. The number of methoxy groups -OCH3 is 1. The minimum absolute atomic E-state index is 0.0282. The molecule has 2 rings (SSSR count). The van der Waals surface area contributed by atoms with E-state index in [0.29, 0.717) is 12.1 Å². The molecule has 1 N–H and O–H groups in total. The van der Waals surface area contributed by atoms with Crippen molar-refractivity contribution in [3.63, 3.8) is 0 Å². The van der Waals surface area contributed by atoms with Gasteiger partial charge in [0.2, 0.25) is 0 Å². The van der Waals surface area contributed by atoms with Crippen LogP contribution in [0.2, 0.25) is 0 Å². The van der Waals surface area contributed by atoms with E-state index in [1.54, 1.807) is 6.20 Å². The van der Waals surface area contributed by atoms with Crippen LogP contribution in [0.25, 0.3) is 10.9 Å². The first-order valence-corrected chi connectivity index (χ1v) is 5.94. The molecule has 0 aliphatic carbocycles. The molecular formula is C12H12BrNO3. The molecule has 4 nitrogen and oxygen atoms in total. The Balaban J connectivity index is 2.66. The molecular weight excluding hydrogens is 286 g/mol. The second-order valence-corrected chi connectivity index (χ2v) is 4.53. The smallest absolute Gasteiger partial charge is 0.340 e. The molecule has 0 amide bonds. The molecule has 0 saturated carbocycles. The van der Waals surface area contributed by atoms with Crippen LogP contribution >= 0.6 is 15.9 Å². The number of hydrogen-bond donors (Lipinski definition) is 1. The predicted octanol–water partition coefficient (Wildman–Crippen LogP) is 2.18. The van der Waals surface area contributed by atoms with Crippen LogP contribution in [0.1, 0.15) is 10.4 Å². The van der Waals surface area contributed by atoms with Crippen molar-refractivity contribution < 1.29 is 14.6 Å². The summed E-state index contributed by atoms with van der Waals surface area (Å²) in [5, 5.41) is 9.81. The van der Waals surface area contributed by atoms with Crippen LogP contribution in [0.4, 0.5) is 0 Å². The third-order valence-electron chi connectivity index (χ3n) is 2.59. The van der Waals surface area contributed by atoms with Crippen molar-refractivity contribution in [2.45, 2.75) is 6.54 Å². The lowest BCUT2D eigenvalue weighted by Crippen LogP contribution is -2.02. The third-order valence-corrected chi connectivity index (χ3v) is 3.08. The summed E-state index contributed by atoms with van der Waals surface area (Å²) in [7, 11) is 1.36. The van der Waals surface area contributed by atoms with Crippen LogP contribution in [0, 0.1) is 0 Å². The van der Waals surface area contributed by atoms with Crippen molar-refractivity contribution in [1.82, 2.24) is 4.57 Å². The molecule has 5 heteroatoms. The molecule has 1 heterocycles. The number of rotatable bonds is 3. The summed E-state index contributed by atoms with van der Waals surface area (Å²) in [4.78, 5) is 11.6. The number of esters is 1. The van der Waals surface area contributed by atoms with Gasteiger partial charge < -0.3 is 14.4 Å². The van der Waals surface area contributed by atoms with E-state index in [-0.39, 0.29) is 12.6 Å². The Morgan fingerprint density at radius 1 is 1.53 bits per heavy atom. The van der Waals surface area contributed by atoms with E-state index < -0.39 is 0 Å². The first-order valence-electron chi connectivity index (χ1n) is 5.15. The number of benzene rings is 1. The lowest BCUT2D eigenvalue weighted by Gasteiger charge is -2.01. The van der Waals surface area contributed by atoms with E-state index in [0.717, 1.165) is 15.4 Å². The van der Waals surface area contributed by atoms with E-state index in [1.807, 2.05) is 22.8 Å². The van der Waals surface area contributed by atoms with E-state index in [2.05, 4.69) is 15.9 Å². The number of nitrogens with zero attached hydrogens (tertiary/aromatic N) is 1. The predicted molar refractivity (Wildman–Crippen MR) is 68.1 cm³/mol. The molecule has 0 saturated heterocycles. The quantitative estimate of drug-likeness (QED) is 0.884.